The number of tetrazole rings is 1. The minimum Gasteiger partial charge on any atom is -0.313 e. The number of aromatic nitrogens is 4. The third-order valence-corrected chi connectivity index (χ3v) is 3.78. The Balaban J connectivity index is 1.52. The lowest BCUT2D eigenvalue weighted by molar-refractivity contribution is 0.663. The van der Waals surface area contributed by atoms with E-state index < -0.39 is 0 Å². The summed E-state index contributed by atoms with van der Waals surface area (Å²) in [5, 5.41) is 15.6. The third-order valence-electron chi connectivity index (χ3n) is 2.68. The lowest BCUT2D eigenvalue weighted by atomic mass is 10.2. The van der Waals surface area contributed by atoms with Crippen LogP contribution in [0.2, 0.25) is 0 Å². The standard InChI is InChI=1S/C14H19N5S/c1-19-14(16-17-18-19)20-12-6-11-15-10-5-9-13-7-3-2-4-8-13/h2-5,7-9,15H,6,10-12H2,1H3. The van der Waals surface area contributed by atoms with Gasteiger partial charge in [-0.2, -0.15) is 0 Å². The molecule has 1 aromatic heterocycles. The molecular weight excluding hydrogens is 270 g/mol. The smallest absolute Gasteiger partial charge is 0.209 e. The van der Waals surface area contributed by atoms with Gasteiger partial charge in [-0.05, 0) is 29.0 Å². The van der Waals surface area contributed by atoms with E-state index >= 15 is 0 Å². The summed E-state index contributed by atoms with van der Waals surface area (Å²) in [4.78, 5) is 0. The Morgan fingerprint density at radius 3 is 2.90 bits per heavy atom. The maximum atomic E-state index is 3.93. The maximum Gasteiger partial charge on any atom is 0.209 e. The summed E-state index contributed by atoms with van der Waals surface area (Å²) in [6.45, 7) is 1.89. The van der Waals surface area contributed by atoms with Crippen molar-refractivity contribution in [3.63, 3.8) is 0 Å². The quantitative estimate of drug-likeness (QED) is 0.595. The molecule has 0 bridgehead atoms. The van der Waals surface area contributed by atoms with Crippen molar-refractivity contribution in [2.24, 2.45) is 7.05 Å². The van der Waals surface area contributed by atoms with Crippen molar-refractivity contribution in [1.29, 1.82) is 0 Å². The fourth-order valence-electron chi connectivity index (χ4n) is 1.65. The Morgan fingerprint density at radius 2 is 2.15 bits per heavy atom. The molecule has 20 heavy (non-hydrogen) atoms. The van der Waals surface area contributed by atoms with Gasteiger partial charge in [0.15, 0.2) is 0 Å². The van der Waals surface area contributed by atoms with E-state index in [2.05, 4.69) is 45.1 Å². The van der Waals surface area contributed by atoms with Crippen LogP contribution in [0, 0.1) is 0 Å². The first-order valence-electron chi connectivity index (χ1n) is 6.64. The molecular formula is C14H19N5S. The molecule has 6 heteroatoms. The maximum absolute atomic E-state index is 3.93. The third kappa shape index (κ3) is 5.14. The second-order valence-electron chi connectivity index (χ2n) is 4.30. The predicted molar refractivity (Wildman–Crippen MR) is 82.5 cm³/mol. The van der Waals surface area contributed by atoms with Gasteiger partial charge in [-0.15, -0.1) is 5.10 Å². The number of aryl methyl sites for hydroxylation is 1. The largest absolute Gasteiger partial charge is 0.313 e. The van der Waals surface area contributed by atoms with Crippen molar-refractivity contribution in [2.45, 2.75) is 11.6 Å². The summed E-state index contributed by atoms with van der Waals surface area (Å²) in [5.74, 6) is 1.02. The van der Waals surface area contributed by atoms with Crippen LogP contribution < -0.4 is 5.32 Å². The first-order chi connectivity index (χ1) is 9.86. The second kappa shape index (κ2) is 8.50. The molecule has 0 aliphatic carbocycles. The molecule has 0 saturated heterocycles. The zero-order chi connectivity index (χ0) is 14.0. The number of thioether (sulfide) groups is 1. The van der Waals surface area contributed by atoms with Crippen LogP contribution in [0.3, 0.4) is 0 Å². The van der Waals surface area contributed by atoms with Gasteiger partial charge in [0.05, 0.1) is 0 Å². The number of hydrogen-bond donors (Lipinski definition) is 1. The van der Waals surface area contributed by atoms with Crippen LogP contribution in [-0.4, -0.2) is 39.0 Å². The van der Waals surface area contributed by atoms with Gasteiger partial charge in [0, 0.05) is 19.3 Å². The van der Waals surface area contributed by atoms with Gasteiger partial charge in [-0.25, -0.2) is 4.68 Å². The van der Waals surface area contributed by atoms with Crippen molar-refractivity contribution < 1.29 is 0 Å². The molecule has 0 atom stereocenters. The summed E-state index contributed by atoms with van der Waals surface area (Å²) in [6.07, 6.45) is 5.37. The Bertz CT molecular complexity index is 523. The monoisotopic (exact) mass is 289 g/mol. The molecule has 0 spiro atoms. The fraction of sp³-hybridized carbons (Fsp3) is 0.357. The number of hydrogen-bond acceptors (Lipinski definition) is 5. The second-order valence-corrected chi connectivity index (χ2v) is 5.37. The zero-order valence-electron chi connectivity index (χ0n) is 11.6. The number of nitrogens with zero attached hydrogens (tertiary/aromatic N) is 4. The van der Waals surface area contributed by atoms with Crippen LogP contribution in [0.5, 0.6) is 0 Å². The van der Waals surface area contributed by atoms with Crippen LogP contribution in [0.25, 0.3) is 6.08 Å². The van der Waals surface area contributed by atoms with E-state index in [1.807, 2.05) is 25.2 Å². The van der Waals surface area contributed by atoms with Crippen molar-refractivity contribution in [1.82, 2.24) is 25.5 Å². The molecule has 5 nitrogen and oxygen atoms in total. The Hall–Kier alpha value is -1.66. The molecule has 1 heterocycles. The lowest BCUT2D eigenvalue weighted by Gasteiger charge is -2.01. The van der Waals surface area contributed by atoms with E-state index in [1.165, 1.54) is 5.56 Å². The molecule has 2 rings (SSSR count). The van der Waals surface area contributed by atoms with E-state index in [-0.39, 0.29) is 0 Å². The highest BCUT2D eigenvalue weighted by Gasteiger charge is 2.01. The first-order valence-corrected chi connectivity index (χ1v) is 7.62. The van der Waals surface area contributed by atoms with Gasteiger partial charge < -0.3 is 5.32 Å². The molecule has 106 valence electrons. The molecule has 1 aromatic carbocycles. The highest BCUT2D eigenvalue weighted by atomic mass is 32.2. The van der Waals surface area contributed by atoms with E-state index in [1.54, 1.807) is 16.4 Å². The number of benzene rings is 1. The van der Waals surface area contributed by atoms with Crippen LogP contribution in [0.1, 0.15) is 12.0 Å². The summed E-state index contributed by atoms with van der Waals surface area (Å²) >= 11 is 1.68. The number of rotatable bonds is 8. The Labute approximate surface area is 123 Å². The highest BCUT2D eigenvalue weighted by molar-refractivity contribution is 7.99. The molecule has 2 aromatic rings. The topological polar surface area (TPSA) is 55.6 Å². The SMILES string of the molecule is Cn1nnnc1SCCCNCC=Cc1ccccc1. The lowest BCUT2D eigenvalue weighted by Crippen LogP contribution is -2.15. The predicted octanol–water partition coefficient (Wildman–Crippen LogP) is 2.00. The van der Waals surface area contributed by atoms with Crippen LogP contribution in [0.4, 0.5) is 0 Å². The summed E-state index contributed by atoms with van der Waals surface area (Å²) in [6, 6.07) is 10.3. The normalized spacial score (nSPS) is 11.2. The summed E-state index contributed by atoms with van der Waals surface area (Å²) in [7, 11) is 1.86. The average Bonchev–Trinajstić information content (AvgIpc) is 2.88. The van der Waals surface area contributed by atoms with Crippen molar-refractivity contribution >= 4 is 17.8 Å². The minimum atomic E-state index is 0.869. The molecule has 0 aliphatic rings. The van der Waals surface area contributed by atoms with E-state index in [9.17, 15) is 0 Å². The summed E-state index contributed by atoms with van der Waals surface area (Å²) in [5.41, 5.74) is 1.24. The Morgan fingerprint density at radius 1 is 1.30 bits per heavy atom. The zero-order valence-corrected chi connectivity index (χ0v) is 12.4. The molecule has 0 amide bonds. The van der Waals surface area contributed by atoms with Crippen molar-refractivity contribution in [2.75, 3.05) is 18.8 Å². The number of nitrogens with one attached hydrogen (secondary N) is 1. The van der Waals surface area contributed by atoms with Gasteiger partial charge >= 0.3 is 0 Å². The first kappa shape index (κ1) is 14.7. The van der Waals surface area contributed by atoms with E-state index in [0.29, 0.717) is 0 Å². The minimum absolute atomic E-state index is 0.869. The van der Waals surface area contributed by atoms with Crippen molar-refractivity contribution in [3.8, 4) is 0 Å². The van der Waals surface area contributed by atoms with Crippen LogP contribution >= 0.6 is 11.8 Å². The average molecular weight is 289 g/mol. The Kier molecular flexibility index (Phi) is 6.26. The molecule has 0 unspecified atom stereocenters. The van der Waals surface area contributed by atoms with E-state index in [4.69, 9.17) is 0 Å². The van der Waals surface area contributed by atoms with Gasteiger partial charge in [-0.3, -0.25) is 0 Å². The fourth-order valence-corrected chi connectivity index (χ4v) is 2.44. The molecule has 1 N–H and O–H groups in total. The molecule has 0 saturated carbocycles. The molecule has 0 radical (unpaired) electrons. The van der Waals surface area contributed by atoms with Gasteiger partial charge in [0.2, 0.25) is 5.16 Å². The van der Waals surface area contributed by atoms with Crippen LogP contribution in [0.15, 0.2) is 41.6 Å². The van der Waals surface area contributed by atoms with Gasteiger partial charge in [0.1, 0.15) is 0 Å². The van der Waals surface area contributed by atoms with Gasteiger partial charge in [0.25, 0.3) is 0 Å². The van der Waals surface area contributed by atoms with E-state index in [0.717, 1.165) is 30.4 Å². The summed E-state index contributed by atoms with van der Waals surface area (Å²) < 4.78 is 1.70. The van der Waals surface area contributed by atoms with Gasteiger partial charge in [-0.1, -0.05) is 54.2 Å². The van der Waals surface area contributed by atoms with Crippen LogP contribution in [-0.2, 0) is 7.05 Å². The van der Waals surface area contributed by atoms with Crippen molar-refractivity contribution in [3.05, 3.63) is 42.0 Å². The molecule has 0 fully saturated rings. The highest BCUT2D eigenvalue weighted by Crippen LogP contribution is 2.12. The molecule has 0 aliphatic heterocycles.